The van der Waals surface area contributed by atoms with Crippen LogP contribution in [0.15, 0.2) is 72.8 Å². The smallest absolute Gasteiger partial charge is 0.262 e. The van der Waals surface area contributed by atoms with E-state index in [9.17, 15) is 4.79 Å². The fraction of sp³-hybridized carbons (Fsp3) is 0.269. The molecule has 3 aromatic rings. The molecule has 4 rings (SSSR count). The number of hydrogen-bond acceptors (Lipinski definition) is 5. The minimum atomic E-state index is -0.570. The van der Waals surface area contributed by atoms with Gasteiger partial charge in [0.25, 0.3) is 5.91 Å². The third-order valence-corrected chi connectivity index (χ3v) is 5.53. The second-order valence-electron chi connectivity index (χ2n) is 7.67. The quantitative estimate of drug-likeness (QED) is 0.586. The summed E-state index contributed by atoms with van der Waals surface area (Å²) in [5, 5.41) is 3.02. The van der Waals surface area contributed by atoms with Gasteiger partial charge >= 0.3 is 0 Å². The third kappa shape index (κ3) is 4.97. The van der Waals surface area contributed by atoms with Gasteiger partial charge in [-0.05, 0) is 41.8 Å². The Morgan fingerprint density at radius 2 is 1.72 bits per heavy atom. The van der Waals surface area contributed by atoms with E-state index in [1.165, 1.54) is 5.56 Å². The molecule has 3 aromatic carbocycles. The molecule has 32 heavy (non-hydrogen) atoms. The summed E-state index contributed by atoms with van der Waals surface area (Å²) in [6, 6.07) is 23.9. The van der Waals surface area contributed by atoms with E-state index in [-0.39, 0.29) is 5.91 Å². The van der Waals surface area contributed by atoms with Crippen molar-refractivity contribution in [2.75, 3.05) is 32.2 Å². The Bertz CT molecular complexity index is 1050. The Hall–Kier alpha value is -3.67. The number of carbonyl (C=O) groups excluding carboxylic acids is 1. The van der Waals surface area contributed by atoms with Gasteiger partial charge in [-0.3, -0.25) is 4.79 Å². The molecule has 6 heteroatoms. The summed E-state index contributed by atoms with van der Waals surface area (Å²) < 4.78 is 16.7. The Labute approximate surface area is 188 Å². The minimum Gasteiger partial charge on any atom is -0.493 e. The van der Waals surface area contributed by atoms with Gasteiger partial charge in [-0.25, -0.2) is 0 Å². The SMILES string of the molecule is COc1ccc(CCNC(=O)C2CN(Cc3ccccc3)c3ccccc3O2)cc1OC. The first-order valence-electron chi connectivity index (χ1n) is 10.7. The lowest BCUT2D eigenvalue weighted by Gasteiger charge is -2.35. The van der Waals surface area contributed by atoms with E-state index in [1.54, 1.807) is 14.2 Å². The van der Waals surface area contributed by atoms with Crippen LogP contribution in [0, 0.1) is 0 Å². The van der Waals surface area contributed by atoms with Crippen molar-refractivity contribution in [3.63, 3.8) is 0 Å². The minimum absolute atomic E-state index is 0.113. The number of rotatable bonds is 8. The van der Waals surface area contributed by atoms with Crippen molar-refractivity contribution in [2.24, 2.45) is 0 Å². The van der Waals surface area contributed by atoms with Gasteiger partial charge in [0.05, 0.1) is 26.5 Å². The summed E-state index contributed by atoms with van der Waals surface area (Å²) in [6.07, 6.45) is 0.113. The predicted molar refractivity (Wildman–Crippen MR) is 125 cm³/mol. The van der Waals surface area contributed by atoms with Crippen molar-refractivity contribution in [2.45, 2.75) is 19.1 Å². The van der Waals surface area contributed by atoms with Crippen LogP contribution >= 0.6 is 0 Å². The van der Waals surface area contributed by atoms with Gasteiger partial charge in [0.1, 0.15) is 5.75 Å². The van der Waals surface area contributed by atoms with Crippen molar-refractivity contribution in [3.05, 3.63) is 83.9 Å². The topological polar surface area (TPSA) is 60.0 Å². The van der Waals surface area contributed by atoms with Crippen LogP contribution in [0.2, 0.25) is 0 Å². The number of carbonyl (C=O) groups is 1. The molecule has 0 saturated carbocycles. The highest BCUT2D eigenvalue weighted by Gasteiger charge is 2.30. The second kappa shape index (κ2) is 10.1. The van der Waals surface area contributed by atoms with Crippen LogP contribution in [-0.2, 0) is 17.8 Å². The Morgan fingerprint density at radius 1 is 0.969 bits per heavy atom. The number of anilines is 1. The molecule has 0 aromatic heterocycles. The monoisotopic (exact) mass is 432 g/mol. The lowest BCUT2D eigenvalue weighted by atomic mass is 10.1. The van der Waals surface area contributed by atoms with Crippen LogP contribution in [-0.4, -0.2) is 39.3 Å². The number of benzene rings is 3. The van der Waals surface area contributed by atoms with E-state index in [2.05, 4.69) is 22.3 Å². The van der Waals surface area contributed by atoms with Crippen LogP contribution in [0.3, 0.4) is 0 Å². The molecular formula is C26H28N2O4. The molecular weight excluding hydrogens is 404 g/mol. The number of fused-ring (bicyclic) bond motifs is 1. The van der Waals surface area contributed by atoms with E-state index >= 15 is 0 Å². The number of nitrogens with one attached hydrogen (secondary N) is 1. The number of amides is 1. The summed E-state index contributed by atoms with van der Waals surface area (Å²) in [5.41, 5.74) is 3.26. The number of para-hydroxylation sites is 2. The summed E-state index contributed by atoms with van der Waals surface area (Å²) in [7, 11) is 3.23. The van der Waals surface area contributed by atoms with Crippen molar-refractivity contribution >= 4 is 11.6 Å². The third-order valence-electron chi connectivity index (χ3n) is 5.53. The number of hydrogen-bond donors (Lipinski definition) is 1. The first kappa shape index (κ1) is 21.6. The van der Waals surface area contributed by atoms with Crippen LogP contribution in [0.25, 0.3) is 0 Å². The zero-order valence-corrected chi connectivity index (χ0v) is 18.4. The molecule has 1 unspecified atom stereocenters. The first-order chi connectivity index (χ1) is 15.7. The zero-order valence-electron chi connectivity index (χ0n) is 18.4. The fourth-order valence-corrected chi connectivity index (χ4v) is 3.88. The lowest BCUT2D eigenvalue weighted by Crippen LogP contribution is -2.49. The molecule has 166 valence electrons. The number of methoxy groups -OCH3 is 2. The van der Waals surface area contributed by atoms with Crippen LogP contribution in [0.1, 0.15) is 11.1 Å². The average Bonchev–Trinajstić information content (AvgIpc) is 2.84. The largest absolute Gasteiger partial charge is 0.493 e. The maximum absolute atomic E-state index is 12.9. The first-order valence-corrected chi connectivity index (χ1v) is 10.7. The highest BCUT2D eigenvalue weighted by molar-refractivity contribution is 5.83. The van der Waals surface area contributed by atoms with Gasteiger partial charge in [-0.15, -0.1) is 0 Å². The molecule has 1 heterocycles. The molecule has 1 aliphatic heterocycles. The zero-order chi connectivity index (χ0) is 22.3. The summed E-state index contributed by atoms with van der Waals surface area (Å²) >= 11 is 0. The lowest BCUT2D eigenvalue weighted by molar-refractivity contribution is -0.127. The average molecular weight is 433 g/mol. The van der Waals surface area contributed by atoms with Crippen molar-refractivity contribution in [1.29, 1.82) is 0 Å². The molecule has 1 aliphatic rings. The van der Waals surface area contributed by atoms with E-state index in [0.717, 1.165) is 23.5 Å². The molecule has 0 saturated heterocycles. The molecule has 0 fully saturated rings. The van der Waals surface area contributed by atoms with E-state index in [0.29, 0.717) is 31.0 Å². The van der Waals surface area contributed by atoms with Gasteiger partial charge in [0, 0.05) is 13.1 Å². The summed E-state index contributed by atoms with van der Waals surface area (Å²) in [6.45, 7) is 1.72. The van der Waals surface area contributed by atoms with Crippen LogP contribution in [0.4, 0.5) is 5.69 Å². The molecule has 0 bridgehead atoms. The highest BCUT2D eigenvalue weighted by Crippen LogP contribution is 2.34. The van der Waals surface area contributed by atoms with E-state index < -0.39 is 6.10 Å². The number of nitrogens with zero attached hydrogens (tertiary/aromatic N) is 1. The predicted octanol–water partition coefficient (Wildman–Crippen LogP) is 3.83. The molecule has 0 aliphatic carbocycles. The maximum Gasteiger partial charge on any atom is 0.262 e. The molecule has 1 amide bonds. The van der Waals surface area contributed by atoms with Gasteiger partial charge in [0.2, 0.25) is 0 Å². The molecule has 6 nitrogen and oxygen atoms in total. The van der Waals surface area contributed by atoms with Gasteiger partial charge in [-0.1, -0.05) is 48.5 Å². The van der Waals surface area contributed by atoms with Gasteiger partial charge < -0.3 is 24.4 Å². The Balaban J connectivity index is 1.39. The highest BCUT2D eigenvalue weighted by atomic mass is 16.5. The van der Waals surface area contributed by atoms with Crippen LogP contribution < -0.4 is 24.4 Å². The summed E-state index contributed by atoms with van der Waals surface area (Å²) in [4.78, 5) is 15.1. The standard InChI is InChI=1S/C26H28N2O4/c1-30-23-13-12-19(16-24(23)31-2)14-15-27-26(29)25-18-28(17-20-8-4-3-5-9-20)21-10-6-7-11-22(21)32-25/h3-13,16,25H,14-15,17-18H2,1-2H3,(H,27,29). The van der Waals surface area contributed by atoms with Gasteiger partial charge in [-0.2, -0.15) is 0 Å². The Morgan fingerprint density at radius 3 is 2.50 bits per heavy atom. The summed E-state index contributed by atoms with van der Waals surface area (Å²) in [5.74, 6) is 1.99. The van der Waals surface area contributed by atoms with Crippen molar-refractivity contribution < 1.29 is 19.0 Å². The van der Waals surface area contributed by atoms with Crippen molar-refractivity contribution in [1.82, 2.24) is 5.32 Å². The number of ether oxygens (including phenoxy) is 3. The molecule has 0 radical (unpaired) electrons. The normalized spacial score (nSPS) is 14.8. The molecule has 1 N–H and O–H groups in total. The fourth-order valence-electron chi connectivity index (χ4n) is 3.88. The van der Waals surface area contributed by atoms with Gasteiger partial charge in [0.15, 0.2) is 17.6 Å². The van der Waals surface area contributed by atoms with E-state index in [1.807, 2.05) is 60.7 Å². The Kier molecular flexibility index (Phi) is 6.80. The molecule has 0 spiro atoms. The van der Waals surface area contributed by atoms with Crippen LogP contribution in [0.5, 0.6) is 17.2 Å². The van der Waals surface area contributed by atoms with E-state index in [4.69, 9.17) is 14.2 Å². The maximum atomic E-state index is 12.9. The second-order valence-corrected chi connectivity index (χ2v) is 7.67. The molecule has 1 atom stereocenters. The van der Waals surface area contributed by atoms with Crippen molar-refractivity contribution in [3.8, 4) is 17.2 Å².